The van der Waals surface area contributed by atoms with Crippen LogP contribution in [0.3, 0.4) is 0 Å². The number of carboxylic acid groups (broad SMARTS) is 1. The number of carboxylic acids is 1. The second-order valence-electron chi connectivity index (χ2n) is 11.0. The van der Waals surface area contributed by atoms with Crippen molar-refractivity contribution >= 4 is 18.1 Å². The summed E-state index contributed by atoms with van der Waals surface area (Å²) in [6.07, 6.45) is 7.79. The van der Waals surface area contributed by atoms with Gasteiger partial charge in [0.1, 0.15) is 18.5 Å². The van der Waals surface area contributed by atoms with E-state index in [1.54, 1.807) is 0 Å². The predicted molar refractivity (Wildman–Crippen MR) is 172 cm³/mol. The Morgan fingerprint density at radius 1 is 0.791 bits per heavy atom. The summed E-state index contributed by atoms with van der Waals surface area (Å²) in [6.45, 7) is 3.02. The predicted octanol–water partition coefficient (Wildman–Crippen LogP) is 7.74. The molecule has 2 unspecified atom stereocenters. The van der Waals surface area contributed by atoms with Gasteiger partial charge in [-0.2, -0.15) is 0 Å². The van der Waals surface area contributed by atoms with E-state index in [9.17, 15) is 9.90 Å². The highest BCUT2D eigenvalue weighted by atomic mass is 16.5. The summed E-state index contributed by atoms with van der Waals surface area (Å²) in [5.41, 5.74) is 9.66. The molecule has 1 N–H and O–H groups in total. The van der Waals surface area contributed by atoms with Crippen molar-refractivity contribution in [3.05, 3.63) is 136 Å². The summed E-state index contributed by atoms with van der Waals surface area (Å²) >= 11 is 0. The highest BCUT2D eigenvalue weighted by Gasteiger charge is 2.24. The number of hydrogen-bond donors (Lipinski definition) is 1. The van der Waals surface area contributed by atoms with E-state index in [1.807, 2.05) is 24.3 Å². The van der Waals surface area contributed by atoms with Crippen molar-refractivity contribution in [2.24, 2.45) is 0 Å². The maximum absolute atomic E-state index is 11.3. The fourth-order valence-corrected chi connectivity index (χ4v) is 5.71. The lowest BCUT2D eigenvalue weighted by Crippen LogP contribution is -2.24. The second-order valence-corrected chi connectivity index (χ2v) is 11.0. The Labute approximate surface area is 254 Å². The highest BCUT2D eigenvalue weighted by molar-refractivity contribution is 5.78. The average molecular weight is 577 g/mol. The molecule has 5 rings (SSSR count). The molecule has 0 heterocycles. The summed E-state index contributed by atoms with van der Waals surface area (Å²) in [4.78, 5) is 11.3. The van der Waals surface area contributed by atoms with Gasteiger partial charge in [-0.15, -0.1) is 0 Å². The highest BCUT2D eigenvalue weighted by Crippen LogP contribution is 2.38. The van der Waals surface area contributed by atoms with Gasteiger partial charge in [-0.1, -0.05) is 104 Å². The lowest BCUT2D eigenvalue weighted by Gasteiger charge is -2.23. The Morgan fingerprint density at radius 2 is 1.58 bits per heavy atom. The largest absolute Gasteiger partial charge is 0.491 e. The summed E-state index contributed by atoms with van der Waals surface area (Å²) in [5, 5.41) is 9.24. The van der Waals surface area contributed by atoms with Gasteiger partial charge >= 0.3 is 5.97 Å². The first-order valence-electron chi connectivity index (χ1n) is 15.1. The molecule has 1 aliphatic carbocycles. The smallest absolute Gasteiger partial charge is 0.333 e. The summed E-state index contributed by atoms with van der Waals surface area (Å²) in [6, 6.07) is 31.5. The third kappa shape index (κ3) is 7.81. The molecule has 0 aliphatic heterocycles. The van der Waals surface area contributed by atoms with E-state index in [2.05, 4.69) is 85.8 Å². The lowest BCUT2D eigenvalue weighted by atomic mass is 9.91. The number of aryl methyl sites for hydroxylation is 3. The monoisotopic (exact) mass is 576 g/mol. The molecule has 1 aliphatic rings. The van der Waals surface area contributed by atoms with Crippen LogP contribution >= 0.6 is 0 Å². The quantitative estimate of drug-likeness (QED) is 0.156. The van der Waals surface area contributed by atoms with Crippen LogP contribution in [-0.2, 0) is 40.0 Å². The van der Waals surface area contributed by atoms with E-state index in [0.717, 1.165) is 31.2 Å². The molecule has 43 heavy (non-hydrogen) atoms. The van der Waals surface area contributed by atoms with Crippen LogP contribution in [0.5, 0.6) is 5.75 Å². The summed E-state index contributed by atoms with van der Waals surface area (Å²) in [5.74, 6) is -0.254. The SMILES string of the molecule is CCCc1ccc2c(c1)C(OCCOc1ccc(CC(OC)C(=O)O)cc1)c1cccc(CCc3ccccc3)c1C=C2. The molecular weight excluding hydrogens is 536 g/mol. The van der Waals surface area contributed by atoms with Gasteiger partial charge in [-0.3, -0.25) is 0 Å². The number of rotatable bonds is 14. The number of fused-ring (bicyclic) bond motifs is 2. The Hall–Kier alpha value is -4.19. The molecule has 0 saturated carbocycles. The topological polar surface area (TPSA) is 65.0 Å². The molecule has 4 aromatic rings. The first kappa shape index (κ1) is 30.3. The Morgan fingerprint density at radius 3 is 2.33 bits per heavy atom. The molecule has 0 radical (unpaired) electrons. The van der Waals surface area contributed by atoms with Crippen LogP contribution in [0.1, 0.15) is 64.0 Å². The number of benzene rings is 4. The molecule has 0 amide bonds. The van der Waals surface area contributed by atoms with E-state index >= 15 is 0 Å². The van der Waals surface area contributed by atoms with Crippen molar-refractivity contribution in [1.29, 1.82) is 0 Å². The Kier molecular flexibility index (Phi) is 10.4. The van der Waals surface area contributed by atoms with Crippen molar-refractivity contribution in [2.75, 3.05) is 20.3 Å². The van der Waals surface area contributed by atoms with Gasteiger partial charge in [0.15, 0.2) is 6.10 Å². The zero-order valence-corrected chi connectivity index (χ0v) is 25.0. The van der Waals surface area contributed by atoms with Gasteiger partial charge < -0.3 is 19.3 Å². The zero-order chi connectivity index (χ0) is 30.0. The Balaban J connectivity index is 1.32. The third-order valence-corrected chi connectivity index (χ3v) is 7.98. The minimum Gasteiger partial charge on any atom is -0.491 e. The van der Waals surface area contributed by atoms with Crippen LogP contribution in [0.15, 0.2) is 91.0 Å². The lowest BCUT2D eigenvalue weighted by molar-refractivity contribution is -0.148. The number of hydrogen-bond acceptors (Lipinski definition) is 4. The summed E-state index contributed by atoms with van der Waals surface area (Å²) < 4.78 is 17.7. The number of carbonyl (C=O) groups is 1. The number of aliphatic carboxylic acids is 1. The van der Waals surface area contributed by atoms with E-state index in [0.29, 0.717) is 25.4 Å². The van der Waals surface area contributed by atoms with Gasteiger partial charge in [0.25, 0.3) is 0 Å². The van der Waals surface area contributed by atoms with Crippen LogP contribution < -0.4 is 4.74 Å². The van der Waals surface area contributed by atoms with Gasteiger partial charge in [0, 0.05) is 13.5 Å². The van der Waals surface area contributed by atoms with Gasteiger partial charge in [0.05, 0.1) is 6.61 Å². The molecule has 5 heteroatoms. The maximum atomic E-state index is 11.3. The van der Waals surface area contributed by atoms with E-state index < -0.39 is 12.1 Å². The molecule has 4 aromatic carbocycles. The van der Waals surface area contributed by atoms with Crippen molar-refractivity contribution in [1.82, 2.24) is 0 Å². The van der Waals surface area contributed by atoms with Crippen LogP contribution in [0.25, 0.3) is 12.2 Å². The third-order valence-electron chi connectivity index (χ3n) is 7.98. The second kappa shape index (κ2) is 14.8. The van der Waals surface area contributed by atoms with Gasteiger partial charge in [-0.25, -0.2) is 4.79 Å². The first-order valence-corrected chi connectivity index (χ1v) is 15.1. The number of methoxy groups -OCH3 is 1. The molecule has 222 valence electrons. The molecular formula is C38H40O5. The van der Waals surface area contributed by atoms with E-state index in [4.69, 9.17) is 14.2 Å². The van der Waals surface area contributed by atoms with Crippen molar-refractivity contribution < 1.29 is 24.1 Å². The van der Waals surface area contributed by atoms with Crippen LogP contribution in [-0.4, -0.2) is 37.5 Å². The van der Waals surface area contributed by atoms with Crippen LogP contribution in [0.2, 0.25) is 0 Å². The van der Waals surface area contributed by atoms with Crippen LogP contribution in [0, 0.1) is 0 Å². The van der Waals surface area contributed by atoms with Crippen LogP contribution in [0.4, 0.5) is 0 Å². The van der Waals surface area contributed by atoms with E-state index in [-0.39, 0.29) is 6.10 Å². The fraction of sp³-hybridized carbons (Fsp3) is 0.289. The Bertz CT molecular complexity index is 1520. The van der Waals surface area contributed by atoms with Gasteiger partial charge in [0.2, 0.25) is 0 Å². The molecule has 0 saturated heterocycles. The standard InChI is InChI=1S/C38H40O5/c1-3-8-28-14-18-31-19-22-33-30(17-13-27-9-5-4-6-10-27)11-7-12-34(33)37(35(31)25-28)43-24-23-42-32-20-15-29(16-21-32)26-36(41-2)38(39)40/h4-7,9-12,14-16,18-22,25,36-37H,3,8,13,17,23-24,26H2,1-2H3,(H,39,40). The minimum atomic E-state index is -0.970. The maximum Gasteiger partial charge on any atom is 0.333 e. The molecule has 0 spiro atoms. The minimum absolute atomic E-state index is 0.207. The first-order chi connectivity index (χ1) is 21.1. The average Bonchev–Trinajstić information content (AvgIpc) is 3.19. The van der Waals surface area contributed by atoms with Crippen molar-refractivity contribution in [2.45, 2.75) is 51.2 Å². The van der Waals surface area contributed by atoms with Crippen molar-refractivity contribution in [3.8, 4) is 5.75 Å². The molecule has 0 fully saturated rings. The summed E-state index contributed by atoms with van der Waals surface area (Å²) in [7, 11) is 1.41. The normalized spacial score (nSPS) is 14.4. The van der Waals surface area contributed by atoms with Gasteiger partial charge in [-0.05, 0) is 75.9 Å². The molecule has 0 bridgehead atoms. The molecule has 5 nitrogen and oxygen atoms in total. The van der Waals surface area contributed by atoms with Crippen molar-refractivity contribution in [3.63, 3.8) is 0 Å². The molecule has 0 aromatic heterocycles. The molecule has 2 atom stereocenters. The number of ether oxygens (including phenoxy) is 3. The zero-order valence-electron chi connectivity index (χ0n) is 25.0. The van der Waals surface area contributed by atoms with E-state index in [1.165, 1.54) is 46.1 Å². The fourth-order valence-electron chi connectivity index (χ4n) is 5.71.